The normalized spacial score (nSPS) is 11.3. The minimum atomic E-state index is -3.58. The Balaban J connectivity index is 1.51. The summed E-state index contributed by atoms with van der Waals surface area (Å²) in [4.78, 5) is 16.0. The number of carbonyl (C=O) groups excluding carboxylic acids is 1. The van der Waals surface area contributed by atoms with E-state index in [1.807, 2.05) is 0 Å². The molecule has 0 bridgehead atoms. The molecule has 10 heteroatoms. The molecule has 0 spiro atoms. The molecule has 1 amide bonds. The molecule has 2 aromatic heterocycles. The summed E-state index contributed by atoms with van der Waals surface area (Å²) in [5.41, 5.74) is 0.468. The molecule has 3 aromatic rings. The maximum Gasteiger partial charge on any atom is 0.322 e. The van der Waals surface area contributed by atoms with Crippen molar-refractivity contribution in [3.63, 3.8) is 0 Å². The number of aromatic nitrogens is 3. The third-order valence-corrected chi connectivity index (χ3v) is 5.36. The highest BCUT2D eigenvalue weighted by Gasteiger charge is 2.16. The van der Waals surface area contributed by atoms with Crippen molar-refractivity contribution in [3.05, 3.63) is 54.5 Å². The fourth-order valence-corrected chi connectivity index (χ4v) is 3.54. The van der Waals surface area contributed by atoms with Gasteiger partial charge in [-0.2, -0.15) is 0 Å². The van der Waals surface area contributed by atoms with Crippen molar-refractivity contribution in [2.24, 2.45) is 0 Å². The van der Waals surface area contributed by atoms with Gasteiger partial charge >= 0.3 is 6.01 Å². The Morgan fingerprint density at radius 1 is 1.11 bits per heavy atom. The largest absolute Gasteiger partial charge is 0.401 e. The number of amides is 1. The number of hydrogen-bond acceptors (Lipinski definition) is 7. The zero-order chi connectivity index (χ0) is 19.3. The lowest BCUT2D eigenvalue weighted by molar-refractivity contribution is -0.116. The summed E-state index contributed by atoms with van der Waals surface area (Å²) < 4.78 is 42.5. The molecule has 140 valence electrons. The van der Waals surface area contributed by atoms with Crippen LogP contribution in [0.4, 0.5) is 10.4 Å². The monoisotopic (exact) mass is 390 g/mol. The maximum absolute atomic E-state index is 12.9. The Morgan fingerprint density at radius 3 is 2.59 bits per heavy atom. The van der Waals surface area contributed by atoms with E-state index in [4.69, 9.17) is 4.42 Å². The van der Waals surface area contributed by atoms with Crippen LogP contribution < -0.4 is 5.32 Å². The molecular weight excluding hydrogens is 375 g/mol. The second-order valence-corrected chi connectivity index (χ2v) is 7.66. The van der Waals surface area contributed by atoms with Crippen molar-refractivity contribution in [3.8, 4) is 11.6 Å². The van der Waals surface area contributed by atoms with Crippen molar-refractivity contribution in [1.82, 2.24) is 15.2 Å². The van der Waals surface area contributed by atoms with E-state index in [1.54, 1.807) is 24.4 Å². The number of nitrogens with zero attached hydrogens (tertiary/aromatic N) is 3. The number of anilines is 1. The summed E-state index contributed by atoms with van der Waals surface area (Å²) in [5.74, 6) is -1.06. The van der Waals surface area contributed by atoms with Crippen LogP contribution in [0, 0.1) is 5.82 Å². The van der Waals surface area contributed by atoms with Crippen LogP contribution in [0.25, 0.3) is 11.6 Å². The molecule has 0 aliphatic rings. The van der Waals surface area contributed by atoms with Crippen molar-refractivity contribution in [2.45, 2.75) is 17.7 Å². The highest BCUT2D eigenvalue weighted by Crippen LogP contribution is 2.17. The van der Waals surface area contributed by atoms with Gasteiger partial charge < -0.3 is 4.42 Å². The van der Waals surface area contributed by atoms with Gasteiger partial charge in [-0.15, -0.1) is 5.10 Å². The number of pyridine rings is 1. The van der Waals surface area contributed by atoms with E-state index in [0.29, 0.717) is 5.69 Å². The summed E-state index contributed by atoms with van der Waals surface area (Å²) in [5, 5.41) is 9.90. The lowest BCUT2D eigenvalue weighted by atomic mass is 10.3. The van der Waals surface area contributed by atoms with Crippen molar-refractivity contribution in [2.75, 3.05) is 11.1 Å². The minimum Gasteiger partial charge on any atom is -0.401 e. The summed E-state index contributed by atoms with van der Waals surface area (Å²) in [6.07, 6.45) is 1.61. The van der Waals surface area contributed by atoms with E-state index < -0.39 is 21.6 Å². The van der Waals surface area contributed by atoms with Crippen LogP contribution in [0.2, 0.25) is 0 Å². The van der Waals surface area contributed by atoms with E-state index in [2.05, 4.69) is 20.5 Å². The maximum atomic E-state index is 12.9. The van der Waals surface area contributed by atoms with Crippen LogP contribution in [0.5, 0.6) is 0 Å². The van der Waals surface area contributed by atoms with E-state index in [0.717, 1.165) is 12.1 Å². The molecule has 0 saturated carbocycles. The molecule has 2 heterocycles. The predicted molar refractivity (Wildman–Crippen MR) is 93.8 cm³/mol. The number of hydrogen-bond donors (Lipinski definition) is 1. The van der Waals surface area contributed by atoms with Gasteiger partial charge in [-0.05, 0) is 42.8 Å². The number of benzene rings is 1. The van der Waals surface area contributed by atoms with Gasteiger partial charge in [0.25, 0.3) is 5.89 Å². The Morgan fingerprint density at radius 2 is 1.89 bits per heavy atom. The smallest absolute Gasteiger partial charge is 0.322 e. The lowest BCUT2D eigenvalue weighted by Gasteiger charge is -2.04. The molecule has 8 nitrogen and oxygen atoms in total. The molecule has 1 aromatic carbocycles. The van der Waals surface area contributed by atoms with Crippen molar-refractivity contribution < 1.29 is 22.0 Å². The minimum absolute atomic E-state index is 0.0150. The number of halogens is 1. The van der Waals surface area contributed by atoms with Crippen LogP contribution in [0.3, 0.4) is 0 Å². The van der Waals surface area contributed by atoms with Gasteiger partial charge in [-0.1, -0.05) is 11.2 Å². The van der Waals surface area contributed by atoms with E-state index in [9.17, 15) is 17.6 Å². The van der Waals surface area contributed by atoms with Crippen LogP contribution in [0.15, 0.2) is 58.0 Å². The van der Waals surface area contributed by atoms with E-state index in [-0.39, 0.29) is 35.4 Å². The first-order valence-electron chi connectivity index (χ1n) is 7.97. The SMILES string of the molecule is O=C(CCCS(=O)(=O)c1ccc(F)cc1)Nc1nnc(-c2ccccn2)o1. The fourth-order valence-electron chi connectivity index (χ4n) is 2.23. The average molecular weight is 390 g/mol. The number of carbonyl (C=O) groups is 1. The van der Waals surface area contributed by atoms with Gasteiger partial charge in [0.1, 0.15) is 11.5 Å². The van der Waals surface area contributed by atoms with Crippen LogP contribution >= 0.6 is 0 Å². The third-order valence-electron chi connectivity index (χ3n) is 3.55. The first-order valence-corrected chi connectivity index (χ1v) is 9.62. The molecule has 27 heavy (non-hydrogen) atoms. The first kappa shape index (κ1) is 18.6. The Kier molecular flexibility index (Phi) is 5.55. The third kappa shape index (κ3) is 4.94. The Hall–Kier alpha value is -3.14. The Bertz CT molecular complexity index is 1020. The summed E-state index contributed by atoms with van der Waals surface area (Å²) >= 11 is 0. The van der Waals surface area contributed by atoms with Crippen molar-refractivity contribution in [1.29, 1.82) is 0 Å². The molecule has 0 aliphatic carbocycles. The molecule has 0 fully saturated rings. The second-order valence-electron chi connectivity index (χ2n) is 5.55. The standard InChI is InChI=1S/C17H15FN4O4S/c18-12-6-8-13(9-7-12)27(24,25)11-3-5-15(23)20-17-22-21-16(26-17)14-4-1-2-10-19-14/h1-2,4,6-10H,3,5,11H2,(H,20,22,23). The summed E-state index contributed by atoms with van der Waals surface area (Å²) in [7, 11) is -3.58. The van der Waals surface area contributed by atoms with Crippen LogP contribution in [-0.2, 0) is 14.6 Å². The second kappa shape index (κ2) is 8.04. The first-order chi connectivity index (χ1) is 12.9. The zero-order valence-corrected chi connectivity index (χ0v) is 14.8. The van der Waals surface area contributed by atoms with Gasteiger partial charge in [0.15, 0.2) is 9.84 Å². The van der Waals surface area contributed by atoms with E-state index >= 15 is 0 Å². The van der Waals surface area contributed by atoms with Crippen LogP contribution in [-0.4, -0.2) is 35.3 Å². The molecule has 0 radical (unpaired) electrons. The van der Waals surface area contributed by atoms with Crippen molar-refractivity contribution >= 4 is 21.8 Å². The van der Waals surface area contributed by atoms with Gasteiger partial charge in [0, 0.05) is 12.6 Å². The highest BCUT2D eigenvalue weighted by atomic mass is 32.2. The molecule has 0 atom stereocenters. The summed E-state index contributed by atoms with van der Waals surface area (Å²) in [6, 6.07) is 9.63. The topological polar surface area (TPSA) is 115 Å². The lowest BCUT2D eigenvalue weighted by Crippen LogP contribution is -2.14. The molecule has 3 rings (SSSR count). The number of sulfone groups is 1. The number of nitrogens with one attached hydrogen (secondary N) is 1. The Labute approximate surface area is 154 Å². The zero-order valence-electron chi connectivity index (χ0n) is 14.0. The molecule has 1 N–H and O–H groups in total. The molecular formula is C17H15FN4O4S. The van der Waals surface area contributed by atoms with Gasteiger partial charge in [0.05, 0.1) is 10.6 Å². The molecule has 0 saturated heterocycles. The average Bonchev–Trinajstić information content (AvgIpc) is 3.11. The predicted octanol–water partition coefficient (Wildman–Crippen LogP) is 2.46. The fraction of sp³-hybridized carbons (Fsp3) is 0.176. The quantitative estimate of drug-likeness (QED) is 0.616. The van der Waals surface area contributed by atoms with Gasteiger partial charge in [0.2, 0.25) is 5.91 Å². The highest BCUT2D eigenvalue weighted by molar-refractivity contribution is 7.91. The van der Waals surface area contributed by atoms with E-state index in [1.165, 1.54) is 12.1 Å². The molecule has 0 unspecified atom stereocenters. The van der Waals surface area contributed by atoms with Gasteiger partial charge in [-0.3, -0.25) is 15.1 Å². The molecule has 0 aliphatic heterocycles. The van der Waals surface area contributed by atoms with Crippen LogP contribution in [0.1, 0.15) is 12.8 Å². The summed E-state index contributed by atoms with van der Waals surface area (Å²) in [6.45, 7) is 0. The number of rotatable bonds is 7. The van der Waals surface area contributed by atoms with Gasteiger partial charge in [-0.25, -0.2) is 12.8 Å².